The maximum absolute atomic E-state index is 6.31. The Hall–Kier alpha value is -2.38. The number of ether oxygens (including phenoxy) is 1. The lowest BCUT2D eigenvalue weighted by atomic mass is 10.2. The normalized spacial score (nSPS) is 10.8. The summed E-state index contributed by atoms with van der Waals surface area (Å²) in [6, 6.07) is 5.97. The SMILES string of the molecule is Cc1nc(C)c(Cl)c(NCc2nccc(OCCSCc3ccncc3)c2C)n1. The minimum atomic E-state index is 0.509. The molecular formula is C21H24ClN5OS. The summed E-state index contributed by atoms with van der Waals surface area (Å²) < 4.78 is 5.98. The molecule has 0 aliphatic heterocycles. The molecule has 3 heterocycles. The predicted octanol–water partition coefficient (Wildman–Crippen LogP) is 4.77. The van der Waals surface area contributed by atoms with Crippen molar-refractivity contribution < 1.29 is 4.74 Å². The van der Waals surface area contributed by atoms with Crippen molar-refractivity contribution in [2.75, 3.05) is 17.7 Å². The van der Waals surface area contributed by atoms with Gasteiger partial charge in [0.25, 0.3) is 0 Å². The highest BCUT2D eigenvalue weighted by molar-refractivity contribution is 7.98. The van der Waals surface area contributed by atoms with Crippen molar-refractivity contribution in [2.24, 2.45) is 0 Å². The van der Waals surface area contributed by atoms with E-state index < -0.39 is 0 Å². The first-order valence-electron chi connectivity index (χ1n) is 9.33. The molecule has 1 N–H and O–H groups in total. The fourth-order valence-corrected chi connectivity index (χ4v) is 3.68. The molecule has 0 amide bonds. The summed E-state index contributed by atoms with van der Waals surface area (Å²) in [6.45, 7) is 6.88. The zero-order valence-corrected chi connectivity index (χ0v) is 18.3. The number of thioether (sulfide) groups is 1. The van der Waals surface area contributed by atoms with Gasteiger partial charge in [-0.1, -0.05) is 11.6 Å². The summed E-state index contributed by atoms with van der Waals surface area (Å²) in [5.41, 5.74) is 3.94. The lowest BCUT2D eigenvalue weighted by Gasteiger charge is -2.14. The molecule has 3 rings (SSSR count). The van der Waals surface area contributed by atoms with E-state index in [9.17, 15) is 0 Å². The average molecular weight is 430 g/mol. The van der Waals surface area contributed by atoms with Crippen LogP contribution in [0.3, 0.4) is 0 Å². The van der Waals surface area contributed by atoms with E-state index in [-0.39, 0.29) is 0 Å². The van der Waals surface area contributed by atoms with Crippen LogP contribution in [0.5, 0.6) is 5.75 Å². The van der Waals surface area contributed by atoms with E-state index in [2.05, 4.69) is 25.3 Å². The number of halogens is 1. The van der Waals surface area contributed by atoms with Crippen LogP contribution in [0.15, 0.2) is 36.8 Å². The van der Waals surface area contributed by atoms with Crippen molar-refractivity contribution >= 4 is 29.2 Å². The predicted molar refractivity (Wildman–Crippen MR) is 119 cm³/mol. The quantitative estimate of drug-likeness (QED) is 0.491. The molecule has 29 heavy (non-hydrogen) atoms. The summed E-state index contributed by atoms with van der Waals surface area (Å²) in [4.78, 5) is 17.1. The van der Waals surface area contributed by atoms with Crippen LogP contribution in [0.1, 0.15) is 28.3 Å². The van der Waals surface area contributed by atoms with E-state index in [1.807, 2.05) is 63.1 Å². The Balaban J connectivity index is 1.53. The van der Waals surface area contributed by atoms with Crippen molar-refractivity contribution in [1.82, 2.24) is 19.9 Å². The van der Waals surface area contributed by atoms with Crippen molar-refractivity contribution in [3.05, 3.63) is 70.2 Å². The molecule has 0 bridgehead atoms. The number of hydrogen-bond donors (Lipinski definition) is 1. The van der Waals surface area contributed by atoms with Gasteiger partial charge in [0.15, 0.2) is 0 Å². The van der Waals surface area contributed by atoms with Gasteiger partial charge in [0.05, 0.1) is 24.5 Å². The van der Waals surface area contributed by atoms with E-state index >= 15 is 0 Å². The number of hydrogen-bond acceptors (Lipinski definition) is 7. The molecule has 0 aromatic carbocycles. The molecule has 0 spiro atoms. The van der Waals surface area contributed by atoms with Crippen molar-refractivity contribution in [3.8, 4) is 5.75 Å². The van der Waals surface area contributed by atoms with Gasteiger partial charge in [-0.3, -0.25) is 9.97 Å². The monoisotopic (exact) mass is 429 g/mol. The molecule has 0 saturated carbocycles. The molecule has 0 fully saturated rings. The van der Waals surface area contributed by atoms with E-state index in [0.717, 1.165) is 34.2 Å². The molecule has 0 aliphatic carbocycles. The third kappa shape index (κ3) is 6.05. The lowest BCUT2D eigenvalue weighted by Crippen LogP contribution is -2.09. The maximum Gasteiger partial charge on any atom is 0.149 e. The van der Waals surface area contributed by atoms with Gasteiger partial charge in [-0.2, -0.15) is 11.8 Å². The highest BCUT2D eigenvalue weighted by Gasteiger charge is 2.11. The summed E-state index contributed by atoms with van der Waals surface area (Å²) >= 11 is 8.14. The summed E-state index contributed by atoms with van der Waals surface area (Å²) in [7, 11) is 0. The molecule has 0 aliphatic rings. The standard InChI is InChI=1S/C21H24ClN5OS/c1-14-18(12-25-21-20(22)15(2)26-16(3)27-21)24-9-6-19(14)28-10-11-29-13-17-4-7-23-8-5-17/h4-9H,10-13H2,1-3H3,(H,25,26,27). The molecule has 0 radical (unpaired) electrons. The molecule has 6 nitrogen and oxygen atoms in total. The zero-order valence-electron chi connectivity index (χ0n) is 16.8. The first kappa shape index (κ1) is 21.3. The van der Waals surface area contributed by atoms with Gasteiger partial charge < -0.3 is 10.1 Å². The third-order valence-corrected chi connectivity index (χ3v) is 5.76. The van der Waals surface area contributed by atoms with E-state index in [1.165, 1.54) is 5.56 Å². The Morgan fingerprint density at radius 3 is 2.66 bits per heavy atom. The maximum atomic E-state index is 6.31. The molecule has 3 aromatic heterocycles. The van der Waals surface area contributed by atoms with Crippen LogP contribution in [0, 0.1) is 20.8 Å². The number of pyridine rings is 2. The highest BCUT2D eigenvalue weighted by Crippen LogP contribution is 2.24. The average Bonchev–Trinajstić information content (AvgIpc) is 2.72. The van der Waals surface area contributed by atoms with Crippen LogP contribution in [-0.4, -0.2) is 32.3 Å². The third-order valence-electron chi connectivity index (χ3n) is 4.31. The fourth-order valence-electron chi connectivity index (χ4n) is 2.76. The lowest BCUT2D eigenvalue weighted by molar-refractivity contribution is 0.340. The van der Waals surface area contributed by atoms with Crippen LogP contribution >= 0.6 is 23.4 Å². The highest BCUT2D eigenvalue weighted by atomic mass is 35.5. The zero-order chi connectivity index (χ0) is 20.6. The van der Waals surface area contributed by atoms with Gasteiger partial charge in [-0.15, -0.1) is 0 Å². The molecular weight excluding hydrogens is 406 g/mol. The topological polar surface area (TPSA) is 72.8 Å². The Labute approximate surface area is 180 Å². The number of anilines is 1. The van der Waals surface area contributed by atoms with Crippen molar-refractivity contribution in [3.63, 3.8) is 0 Å². The molecule has 0 atom stereocenters. The second-order valence-corrected chi connectivity index (χ2v) is 7.99. The van der Waals surface area contributed by atoms with Crippen LogP contribution < -0.4 is 10.1 Å². The van der Waals surface area contributed by atoms with E-state index in [0.29, 0.717) is 29.8 Å². The van der Waals surface area contributed by atoms with Crippen molar-refractivity contribution in [1.29, 1.82) is 0 Å². The van der Waals surface area contributed by atoms with E-state index in [4.69, 9.17) is 16.3 Å². The minimum absolute atomic E-state index is 0.509. The second-order valence-electron chi connectivity index (χ2n) is 6.51. The number of aryl methyl sites for hydroxylation is 2. The van der Waals surface area contributed by atoms with Gasteiger partial charge in [-0.05, 0) is 44.5 Å². The van der Waals surface area contributed by atoms with Gasteiger partial charge >= 0.3 is 0 Å². The molecule has 3 aromatic rings. The van der Waals surface area contributed by atoms with Gasteiger partial charge in [0.1, 0.15) is 22.4 Å². The smallest absolute Gasteiger partial charge is 0.149 e. The number of nitrogens with zero attached hydrogens (tertiary/aromatic N) is 4. The second kappa shape index (κ2) is 10.4. The minimum Gasteiger partial charge on any atom is -0.492 e. The molecule has 152 valence electrons. The first-order chi connectivity index (χ1) is 14.0. The molecule has 0 unspecified atom stereocenters. The van der Waals surface area contributed by atoms with Crippen LogP contribution in [0.2, 0.25) is 5.02 Å². The molecule has 0 saturated heterocycles. The Morgan fingerprint density at radius 2 is 1.86 bits per heavy atom. The number of rotatable bonds is 9. The molecule has 8 heteroatoms. The van der Waals surface area contributed by atoms with Crippen LogP contribution in [-0.2, 0) is 12.3 Å². The summed E-state index contributed by atoms with van der Waals surface area (Å²) in [5, 5.41) is 3.80. The van der Waals surface area contributed by atoms with Crippen LogP contribution in [0.25, 0.3) is 0 Å². The number of nitrogens with one attached hydrogen (secondary N) is 1. The van der Waals surface area contributed by atoms with Crippen LogP contribution in [0.4, 0.5) is 5.82 Å². The summed E-state index contributed by atoms with van der Waals surface area (Å²) in [5.74, 6) is 4.02. The Bertz CT molecular complexity index is 955. The fraction of sp³-hybridized carbons (Fsp3) is 0.333. The van der Waals surface area contributed by atoms with Gasteiger partial charge in [0.2, 0.25) is 0 Å². The van der Waals surface area contributed by atoms with Gasteiger partial charge in [-0.25, -0.2) is 9.97 Å². The van der Waals surface area contributed by atoms with Gasteiger partial charge in [0, 0.05) is 35.7 Å². The number of aromatic nitrogens is 4. The van der Waals surface area contributed by atoms with Crippen molar-refractivity contribution in [2.45, 2.75) is 33.1 Å². The largest absolute Gasteiger partial charge is 0.492 e. The Kier molecular flexibility index (Phi) is 7.66. The van der Waals surface area contributed by atoms with E-state index in [1.54, 1.807) is 6.20 Å². The Morgan fingerprint density at radius 1 is 1.07 bits per heavy atom. The first-order valence-corrected chi connectivity index (χ1v) is 10.9. The summed E-state index contributed by atoms with van der Waals surface area (Å²) in [6.07, 6.45) is 5.40.